The van der Waals surface area contributed by atoms with Gasteiger partial charge in [-0.15, -0.1) is 0 Å². The molecule has 2 fully saturated rings. The van der Waals surface area contributed by atoms with Crippen molar-refractivity contribution in [3.63, 3.8) is 0 Å². The van der Waals surface area contributed by atoms with Crippen LogP contribution >= 0.6 is 0 Å². The molecule has 22 heavy (non-hydrogen) atoms. The molecule has 0 amide bonds. The van der Waals surface area contributed by atoms with Gasteiger partial charge in [0.05, 0.1) is 13.2 Å². The molecule has 0 aliphatic carbocycles. The molecule has 2 aliphatic heterocycles. The van der Waals surface area contributed by atoms with E-state index in [-0.39, 0.29) is 6.10 Å². The molecule has 0 radical (unpaired) electrons. The molecule has 122 valence electrons. The molecule has 0 saturated carbocycles. The summed E-state index contributed by atoms with van der Waals surface area (Å²) < 4.78 is 5.36. The molecule has 1 aromatic rings. The molecule has 1 atom stereocenters. The van der Waals surface area contributed by atoms with Crippen molar-refractivity contribution in [3.05, 3.63) is 29.8 Å². The van der Waals surface area contributed by atoms with Crippen molar-refractivity contribution in [1.29, 1.82) is 0 Å². The number of ether oxygens (including phenoxy) is 1. The molecule has 2 heterocycles. The minimum atomic E-state index is -0.0763. The van der Waals surface area contributed by atoms with Gasteiger partial charge in [0.15, 0.2) is 0 Å². The smallest absolute Gasteiger partial charge is 0.119 e. The average molecular weight is 304 g/mol. The normalized spacial score (nSPS) is 24.7. The Hall–Kier alpha value is -1.10. The van der Waals surface area contributed by atoms with Crippen LogP contribution in [0.25, 0.3) is 0 Å². The first-order chi connectivity index (χ1) is 10.8. The van der Waals surface area contributed by atoms with Crippen LogP contribution < -0.4 is 4.74 Å². The second-order valence-corrected chi connectivity index (χ2v) is 6.54. The molecule has 4 heteroatoms. The Labute approximate surface area is 133 Å². The lowest BCUT2D eigenvalue weighted by Crippen LogP contribution is -2.40. The highest BCUT2D eigenvalue weighted by atomic mass is 16.5. The average Bonchev–Trinajstić information content (AvgIpc) is 3.03. The quantitative estimate of drug-likeness (QED) is 0.905. The lowest BCUT2D eigenvalue weighted by molar-refractivity contribution is 0.0756. The summed E-state index contributed by atoms with van der Waals surface area (Å²) in [5, 5.41) is 9.60. The topological polar surface area (TPSA) is 35.9 Å². The first-order valence-electron chi connectivity index (χ1n) is 8.54. The van der Waals surface area contributed by atoms with Crippen LogP contribution in [0, 0.1) is 0 Å². The minimum Gasteiger partial charge on any atom is -0.497 e. The highest BCUT2D eigenvalue weighted by Gasteiger charge is 2.27. The van der Waals surface area contributed by atoms with E-state index in [0.29, 0.717) is 6.04 Å². The van der Waals surface area contributed by atoms with E-state index < -0.39 is 0 Å². The van der Waals surface area contributed by atoms with Gasteiger partial charge >= 0.3 is 0 Å². The van der Waals surface area contributed by atoms with Crippen LogP contribution in [-0.2, 0) is 0 Å². The van der Waals surface area contributed by atoms with Gasteiger partial charge in [0.2, 0.25) is 0 Å². The molecule has 0 aromatic heterocycles. The third-order valence-electron chi connectivity index (χ3n) is 5.10. The zero-order valence-corrected chi connectivity index (χ0v) is 13.6. The van der Waals surface area contributed by atoms with Crippen molar-refractivity contribution >= 4 is 0 Å². The molecule has 4 nitrogen and oxygen atoms in total. The minimum absolute atomic E-state index is 0.0763. The number of aliphatic hydroxyl groups is 1. The van der Waals surface area contributed by atoms with Crippen LogP contribution in [0.2, 0.25) is 0 Å². The van der Waals surface area contributed by atoms with Gasteiger partial charge in [-0.25, -0.2) is 0 Å². The maximum Gasteiger partial charge on any atom is 0.119 e. The van der Waals surface area contributed by atoms with Crippen molar-refractivity contribution in [3.8, 4) is 5.75 Å². The predicted molar refractivity (Wildman–Crippen MR) is 88.2 cm³/mol. The van der Waals surface area contributed by atoms with Crippen molar-refractivity contribution in [2.45, 2.75) is 37.8 Å². The van der Waals surface area contributed by atoms with Gasteiger partial charge in [-0.05, 0) is 49.9 Å². The molecule has 0 bridgehead atoms. The first-order valence-corrected chi connectivity index (χ1v) is 8.54. The van der Waals surface area contributed by atoms with Gasteiger partial charge in [-0.3, -0.25) is 4.90 Å². The van der Waals surface area contributed by atoms with Crippen LogP contribution in [0.4, 0.5) is 0 Å². The Morgan fingerprint density at radius 1 is 1.14 bits per heavy atom. The van der Waals surface area contributed by atoms with Crippen LogP contribution in [0.5, 0.6) is 5.75 Å². The highest BCUT2D eigenvalue weighted by molar-refractivity contribution is 5.31. The summed E-state index contributed by atoms with van der Waals surface area (Å²) in [5.74, 6) is 0.953. The van der Waals surface area contributed by atoms with Gasteiger partial charge in [-0.2, -0.15) is 0 Å². The molecular formula is C18H28N2O2. The zero-order chi connectivity index (χ0) is 15.4. The van der Waals surface area contributed by atoms with E-state index in [1.165, 1.54) is 24.9 Å². The van der Waals surface area contributed by atoms with E-state index in [1.807, 2.05) is 6.07 Å². The SMILES string of the molecule is COc1cccc([C@@H]2CCCN2CCN2CCC(O)CC2)c1. The summed E-state index contributed by atoms with van der Waals surface area (Å²) in [5.41, 5.74) is 1.38. The molecule has 0 unspecified atom stereocenters. The summed E-state index contributed by atoms with van der Waals surface area (Å²) in [7, 11) is 1.73. The van der Waals surface area contributed by atoms with Gasteiger partial charge < -0.3 is 14.7 Å². The maximum absolute atomic E-state index is 9.60. The van der Waals surface area contributed by atoms with Crippen molar-refractivity contribution in [2.75, 3.05) is 39.8 Å². The number of hydrogen-bond donors (Lipinski definition) is 1. The van der Waals surface area contributed by atoms with Crippen LogP contribution in [-0.4, -0.2) is 60.8 Å². The Morgan fingerprint density at radius 2 is 1.95 bits per heavy atom. The summed E-state index contributed by atoms with van der Waals surface area (Å²) in [6.45, 7) is 5.52. The fourth-order valence-electron chi connectivity index (χ4n) is 3.73. The number of methoxy groups -OCH3 is 1. The summed E-state index contributed by atoms with van der Waals surface area (Å²) in [6.07, 6.45) is 4.30. The molecule has 3 rings (SSSR count). The number of aliphatic hydroxyl groups excluding tert-OH is 1. The summed E-state index contributed by atoms with van der Waals surface area (Å²) in [6, 6.07) is 9.05. The number of hydrogen-bond acceptors (Lipinski definition) is 4. The number of piperidine rings is 1. The Bertz CT molecular complexity index is 472. The van der Waals surface area contributed by atoms with Crippen molar-refractivity contribution in [1.82, 2.24) is 9.80 Å². The summed E-state index contributed by atoms with van der Waals surface area (Å²) in [4.78, 5) is 5.10. The van der Waals surface area contributed by atoms with Gasteiger partial charge in [0.25, 0.3) is 0 Å². The molecule has 2 saturated heterocycles. The molecule has 0 spiro atoms. The van der Waals surface area contributed by atoms with Gasteiger partial charge in [-0.1, -0.05) is 12.1 Å². The Balaban J connectivity index is 1.56. The molecular weight excluding hydrogens is 276 g/mol. The van der Waals surface area contributed by atoms with E-state index in [2.05, 4.69) is 28.0 Å². The predicted octanol–water partition coefficient (Wildman–Crippen LogP) is 2.29. The number of rotatable bonds is 5. The van der Waals surface area contributed by atoms with E-state index in [4.69, 9.17) is 4.74 Å². The van der Waals surface area contributed by atoms with E-state index in [0.717, 1.165) is 44.8 Å². The lowest BCUT2D eigenvalue weighted by Gasteiger charge is -2.32. The van der Waals surface area contributed by atoms with E-state index in [9.17, 15) is 5.11 Å². The van der Waals surface area contributed by atoms with Crippen LogP contribution in [0.1, 0.15) is 37.3 Å². The van der Waals surface area contributed by atoms with Gasteiger partial charge in [0.1, 0.15) is 5.75 Å². The van der Waals surface area contributed by atoms with Crippen LogP contribution in [0.15, 0.2) is 24.3 Å². The molecule has 2 aliphatic rings. The Morgan fingerprint density at radius 3 is 2.73 bits per heavy atom. The summed E-state index contributed by atoms with van der Waals surface area (Å²) >= 11 is 0. The number of benzene rings is 1. The third kappa shape index (κ3) is 3.80. The number of nitrogens with zero attached hydrogens (tertiary/aromatic N) is 2. The number of likely N-dealkylation sites (tertiary alicyclic amines) is 2. The standard InChI is InChI=1S/C18H28N2O2/c1-22-17-5-2-4-15(14-17)18-6-3-9-20(18)13-12-19-10-7-16(21)8-11-19/h2,4-5,14,16,18,21H,3,6-13H2,1H3/t18-/m0/s1. The molecule has 1 aromatic carbocycles. The molecule has 1 N–H and O–H groups in total. The zero-order valence-electron chi connectivity index (χ0n) is 13.6. The van der Waals surface area contributed by atoms with Crippen LogP contribution in [0.3, 0.4) is 0 Å². The second-order valence-electron chi connectivity index (χ2n) is 6.54. The fourth-order valence-corrected chi connectivity index (χ4v) is 3.73. The van der Waals surface area contributed by atoms with Gasteiger partial charge in [0, 0.05) is 32.2 Å². The van der Waals surface area contributed by atoms with Crippen molar-refractivity contribution < 1.29 is 9.84 Å². The monoisotopic (exact) mass is 304 g/mol. The second kappa shape index (κ2) is 7.44. The van der Waals surface area contributed by atoms with E-state index >= 15 is 0 Å². The maximum atomic E-state index is 9.60. The third-order valence-corrected chi connectivity index (χ3v) is 5.10. The lowest BCUT2D eigenvalue weighted by atomic mass is 10.0. The van der Waals surface area contributed by atoms with E-state index in [1.54, 1.807) is 7.11 Å². The largest absolute Gasteiger partial charge is 0.497 e. The first kappa shape index (κ1) is 15.8. The van der Waals surface area contributed by atoms with Crippen molar-refractivity contribution in [2.24, 2.45) is 0 Å². The Kier molecular flexibility index (Phi) is 5.34. The highest BCUT2D eigenvalue weighted by Crippen LogP contribution is 2.33. The fraction of sp³-hybridized carbons (Fsp3) is 0.667.